The Bertz CT molecular complexity index is 630. The lowest BCUT2D eigenvalue weighted by molar-refractivity contribution is 0.0635. The molecule has 0 bridgehead atoms. The van der Waals surface area contributed by atoms with E-state index >= 15 is 0 Å². The van der Waals surface area contributed by atoms with Crippen LogP contribution in [0, 0.1) is 0 Å². The van der Waals surface area contributed by atoms with E-state index < -0.39 is 11.7 Å². The van der Waals surface area contributed by atoms with Crippen LogP contribution in [0.5, 0.6) is 0 Å². The summed E-state index contributed by atoms with van der Waals surface area (Å²) >= 11 is 3.39. The number of amides is 1. The van der Waals surface area contributed by atoms with Gasteiger partial charge in [-0.3, -0.25) is 10.4 Å². The molecule has 2 aromatic heterocycles. The average molecular weight is 371 g/mol. The van der Waals surface area contributed by atoms with Gasteiger partial charge in [-0.05, 0) is 42.8 Å². The Balaban J connectivity index is 1.87. The zero-order valence-electron chi connectivity index (χ0n) is 12.7. The third-order valence-corrected chi connectivity index (χ3v) is 3.34. The van der Waals surface area contributed by atoms with Gasteiger partial charge < -0.3 is 14.5 Å². The van der Waals surface area contributed by atoms with Crippen LogP contribution >= 0.6 is 15.9 Å². The van der Waals surface area contributed by atoms with Crippen molar-refractivity contribution in [3.63, 3.8) is 0 Å². The van der Waals surface area contributed by atoms with Crippen LogP contribution in [0.3, 0.4) is 0 Å². The quantitative estimate of drug-likeness (QED) is 0.749. The number of carbonyl (C=O) groups excluding carboxylic acids is 1. The van der Waals surface area contributed by atoms with E-state index in [-0.39, 0.29) is 0 Å². The lowest BCUT2D eigenvalue weighted by Gasteiger charge is -2.19. The molecule has 0 fully saturated rings. The number of aromatic nitrogens is 2. The van der Waals surface area contributed by atoms with Crippen molar-refractivity contribution in [2.45, 2.75) is 39.5 Å². The zero-order valence-corrected chi connectivity index (χ0v) is 14.3. The SMILES string of the molecule is CC(C)(C)OC(=O)Nc1[nH]ncc1CNCc1occc1Br. The fourth-order valence-corrected chi connectivity index (χ4v) is 2.06. The Morgan fingerprint density at radius 2 is 2.23 bits per heavy atom. The summed E-state index contributed by atoms with van der Waals surface area (Å²) in [5.41, 5.74) is 0.280. The summed E-state index contributed by atoms with van der Waals surface area (Å²) in [6, 6.07) is 1.84. The van der Waals surface area contributed by atoms with Crippen LogP contribution in [0.15, 0.2) is 27.4 Å². The fourth-order valence-electron chi connectivity index (χ4n) is 1.72. The first-order valence-corrected chi connectivity index (χ1v) is 7.59. The molecule has 2 rings (SSSR count). The number of carbonyl (C=O) groups is 1. The van der Waals surface area contributed by atoms with Crippen molar-refractivity contribution in [3.8, 4) is 0 Å². The highest BCUT2D eigenvalue weighted by atomic mass is 79.9. The maximum Gasteiger partial charge on any atom is 0.413 e. The van der Waals surface area contributed by atoms with E-state index in [9.17, 15) is 4.79 Å². The number of ether oxygens (including phenoxy) is 1. The molecule has 0 aliphatic heterocycles. The van der Waals surface area contributed by atoms with Crippen LogP contribution in [0.2, 0.25) is 0 Å². The van der Waals surface area contributed by atoms with Gasteiger partial charge in [-0.15, -0.1) is 0 Å². The van der Waals surface area contributed by atoms with Gasteiger partial charge in [0, 0.05) is 12.1 Å². The van der Waals surface area contributed by atoms with Crippen LogP contribution in [0.4, 0.5) is 10.6 Å². The van der Waals surface area contributed by atoms with Crippen molar-refractivity contribution >= 4 is 27.8 Å². The van der Waals surface area contributed by atoms with Gasteiger partial charge in [0.05, 0.1) is 23.5 Å². The summed E-state index contributed by atoms with van der Waals surface area (Å²) in [4.78, 5) is 11.8. The Hall–Kier alpha value is -1.80. The number of furan rings is 1. The molecule has 7 nitrogen and oxygen atoms in total. The van der Waals surface area contributed by atoms with Gasteiger partial charge in [0.1, 0.15) is 17.2 Å². The van der Waals surface area contributed by atoms with E-state index in [2.05, 4.69) is 36.8 Å². The van der Waals surface area contributed by atoms with Gasteiger partial charge in [-0.25, -0.2) is 4.79 Å². The Morgan fingerprint density at radius 1 is 1.45 bits per heavy atom. The third kappa shape index (κ3) is 4.88. The second-order valence-electron chi connectivity index (χ2n) is 5.69. The summed E-state index contributed by atoms with van der Waals surface area (Å²) < 4.78 is 11.4. The molecule has 1 amide bonds. The Morgan fingerprint density at radius 3 is 2.86 bits per heavy atom. The predicted octanol–water partition coefficient (Wildman–Crippen LogP) is 3.40. The molecule has 2 aromatic rings. The van der Waals surface area contributed by atoms with Crippen LogP contribution in [-0.2, 0) is 17.8 Å². The van der Waals surface area contributed by atoms with Crippen LogP contribution < -0.4 is 10.6 Å². The van der Waals surface area contributed by atoms with Gasteiger partial charge in [0.2, 0.25) is 0 Å². The summed E-state index contributed by atoms with van der Waals surface area (Å²) in [5.74, 6) is 1.32. The van der Waals surface area contributed by atoms with Crippen molar-refractivity contribution in [2.24, 2.45) is 0 Å². The highest BCUT2D eigenvalue weighted by Gasteiger charge is 2.17. The Kier molecular flexibility index (Phi) is 5.25. The van der Waals surface area contributed by atoms with E-state index in [0.717, 1.165) is 15.8 Å². The molecule has 0 spiro atoms. The molecule has 22 heavy (non-hydrogen) atoms. The molecule has 2 heterocycles. The van der Waals surface area contributed by atoms with Crippen LogP contribution in [0.1, 0.15) is 32.1 Å². The molecular weight excluding hydrogens is 352 g/mol. The molecule has 3 N–H and O–H groups in total. The lowest BCUT2D eigenvalue weighted by atomic mass is 10.2. The first-order chi connectivity index (χ1) is 10.3. The number of rotatable bonds is 5. The van der Waals surface area contributed by atoms with Crippen molar-refractivity contribution in [2.75, 3.05) is 5.32 Å². The number of nitrogens with zero attached hydrogens (tertiary/aromatic N) is 1. The van der Waals surface area contributed by atoms with Crippen LogP contribution in [0.25, 0.3) is 0 Å². The van der Waals surface area contributed by atoms with Gasteiger partial charge in [-0.1, -0.05) is 0 Å². The van der Waals surface area contributed by atoms with Gasteiger partial charge >= 0.3 is 6.09 Å². The smallest absolute Gasteiger partial charge is 0.413 e. The zero-order chi connectivity index (χ0) is 16.2. The molecule has 0 radical (unpaired) electrons. The fraction of sp³-hybridized carbons (Fsp3) is 0.429. The second-order valence-corrected chi connectivity index (χ2v) is 6.55. The summed E-state index contributed by atoms with van der Waals surface area (Å²) in [6.45, 7) is 6.51. The lowest BCUT2D eigenvalue weighted by Crippen LogP contribution is -2.27. The maximum atomic E-state index is 11.8. The summed E-state index contributed by atoms with van der Waals surface area (Å²) in [7, 11) is 0. The largest absolute Gasteiger partial charge is 0.467 e. The van der Waals surface area contributed by atoms with E-state index in [1.807, 2.05) is 26.8 Å². The highest BCUT2D eigenvalue weighted by Crippen LogP contribution is 2.18. The Labute approximate surface area is 136 Å². The predicted molar refractivity (Wildman–Crippen MR) is 85.4 cm³/mol. The molecule has 120 valence electrons. The summed E-state index contributed by atoms with van der Waals surface area (Å²) in [6.07, 6.45) is 2.75. The molecule has 0 unspecified atom stereocenters. The van der Waals surface area contributed by atoms with Gasteiger partial charge in [0.25, 0.3) is 0 Å². The molecule has 0 aromatic carbocycles. The molecular formula is C14H19BrN4O3. The molecule has 0 aliphatic rings. The topological polar surface area (TPSA) is 92.2 Å². The van der Waals surface area contributed by atoms with E-state index in [4.69, 9.17) is 9.15 Å². The van der Waals surface area contributed by atoms with Crippen molar-refractivity contribution in [1.82, 2.24) is 15.5 Å². The van der Waals surface area contributed by atoms with Crippen molar-refractivity contribution in [1.29, 1.82) is 0 Å². The normalized spacial score (nSPS) is 11.5. The van der Waals surface area contributed by atoms with Gasteiger partial charge in [-0.2, -0.15) is 5.10 Å². The van der Waals surface area contributed by atoms with Crippen LogP contribution in [-0.4, -0.2) is 21.9 Å². The minimum absolute atomic E-state index is 0.514. The first-order valence-electron chi connectivity index (χ1n) is 6.80. The monoisotopic (exact) mass is 370 g/mol. The minimum atomic E-state index is -0.548. The van der Waals surface area contributed by atoms with E-state index in [1.165, 1.54) is 0 Å². The number of anilines is 1. The number of hydrogen-bond acceptors (Lipinski definition) is 5. The number of aromatic amines is 1. The first kappa shape index (κ1) is 16.6. The molecule has 0 saturated heterocycles. The van der Waals surface area contributed by atoms with Crippen molar-refractivity contribution < 1.29 is 13.9 Å². The number of nitrogens with one attached hydrogen (secondary N) is 3. The molecule has 0 atom stereocenters. The van der Waals surface area contributed by atoms with Crippen molar-refractivity contribution in [3.05, 3.63) is 34.3 Å². The number of halogens is 1. The molecule has 0 aliphatic carbocycles. The number of hydrogen-bond donors (Lipinski definition) is 3. The maximum absolute atomic E-state index is 11.8. The standard InChI is InChI=1S/C14H19BrN4O3/c1-14(2,3)22-13(20)18-12-9(7-17-19-12)6-16-8-11-10(15)4-5-21-11/h4-5,7,16H,6,8H2,1-3H3,(H2,17,18,19,20). The minimum Gasteiger partial charge on any atom is -0.467 e. The molecule has 8 heteroatoms. The van der Waals surface area contributed by atoms with E-state index in [0.29, 0.717) is 18.9 Å². The number of H-pyrrole nitrogens is 1. The third-order valence-electron chi connectivity index (χ3n) is 2.64. The second kappa shape index (κ2) is 6.97. The molecule has 0 saturated carbocycles. The average Bonchev–Trinajstić information content (AvgIpc) is 2.98. The van der Waals surface area contributed by atoms with E-state index in [1.54, 1.807) is 12.5 Å². The summed E-state index contributed by atoms with van der Waals surface area (Å²) in [5, 5.41) is 12.5. The highest BCUT2D eigenvalue weighted by molar-refractivity contribution is 9.10. The van der Waals surface area contributed by atoms with Gasteiger partial charge in [0.15, 0.2) is 0 Å².